The van der Waals surface area contributed by atoms with Gasteiger partial charge in [0.25, 0.3) is 0 Å². The largest absolute Gasteiger partial charge is 0.461 e. The maximum atomic E-state index is 11.2. The second-order valence-electron chi connectivity index (χ2n) is 4.12. The Morgan fingerprint density at radius 3 is 2.45 bits per heavy atom. The molecule has 0 amide bonds. The molecule has 0 aliphatic carbocycles. The summed E-state index contributed by atoms with van der Waals surface area (Å²) in [5.74, 6) is 9.48. The highest BCUT2D eigenvalue weighted by Crippen LogP contribution is 2.21. The average Bonchev–Trinajstić information content (AvgIpc) is 2.96. The lowest BCUT2D eigenvalue weighted by Crippen LogP contribution is -2.05. The molecule has 0 unspecified atom stereocenters. The zero-order valence-corrected chi connectivity index (χ0v) is 12.7. The van der Waals surface area contributed by atoms with Gasteiger partial charge >= 0.3 is 11.9 Å². The molecule has 0 saturated heterocycles. The summed E-state index contributed by atoms with van der Waals surface area (Å²) in [7, 11) is 0. The predicted molar refractivity (Wildman–Crippen MR) is 79.6 cm³/mol. The molecule has 0 N–H and O–H groups in total. The topological polar surface area (TPSA) is 65.7 Å². The van der Waals surface area contributed by atoms with Crippen LogP contribution in [-0.4, -0.2) is 11.9 Å². The first kappa shape index (κ1) is 17.1. The first-order valence-corrected chi connectivity index (χ1v) is 6.68. The minimum absolute atomic E-state index is 0.0579. The number of hydrogen-bond acceptors (Lipinski definition) is 5. The number of allylic oxidation sites excluding steroid dienone is 1. The van der Waals surface area contributed by atoms with Gasteiger partial charge in [-0.05, 0) is 36.3 Å². The number of furan rings is 1. The summed E-state index contributed by atoms with van der Waals surface area (Å²) in [5.41, 5.74) is 0. The molecular formula is C17H16O5. The van der Waals surface area contributed by atoms with Crippen molar-refractivity contribution in [2.45, 2.75) is 33.6 Å². The van der Waals surface area contributed by atoms with Crippen molar-refractivity contribution in [3.8, 4) is 23.7 Å². The minimum atomic E-state index is -0.595. The van der Waals surface area contributed by atoms with Crippen molar-refractivity contribution < 1.29 is 23.5 Å². The Balaban J connectivity index is 3.24. The lowest BCUT2D eigenvalue weighted by molar-refractivity contribution is -0.138. The van der Waals surface area contributed by atoms with Gasteiger partial charge in [0.15, 0.2) is 5.76 Å². The number of ether oxygens (including phenoxy) is 2. The van der Waals surface area contributed by atoms with E-state index >= 15 is 0 Å². The van der Waals surface area contributed by atoms with Gasteiger partial charge in [-0.1, -0.05) is 12.8 Å². The Morgan fingerprint density at radius 1 is 1.18 bits per heavy atom. The predicted octanol–water partition coefficient (Wildman–Crippen LogP) is 2.88. The first-order valence-electron chi connectivity index (χ1n) is 6.68. The molecule has 0 spiro atoms. The number of esters is 2. The third kappa shape index (κ3) is 6.02. The van der Waals surface area contributed by atoms with Gasteiger partial charge in [-0.3, -0.25) is 9.59 Å². The third-order valence-electron chi connectivity index (χ3n) is 2.14. The third-order valence-corrected chi connectivity index (χ3v) is 2.14. The molecule has 22 heavy (non-hydrogen) atoms. The van der Waals surface area contributed by atoms with E-state index in [1.54, 1.807) is 12.1 Å². The van der Waals surface area contributed by atoms with Crippen molar-refractivity contribution in [3.05, 3.63) is 29.9 Å². The van der Waals surface area contributed by atoms with E-state index in [9.17, 15) is 9.59 Å². The van der Waals surface area contributed by atoms with Crippen LogP contribution < -0.4 is 0 Å². The molecule has 5 nitrogen and oxygen atoms in total. The number of unbranched alkanes of at least 4 members (excludes halogenated alkanes) is 1. The second kappa shape index (κ2) is 9.10. The molecule has 0 aromatic carbocycles. The van der Waals surface area contributed by atoms with Crippen LogP contribution in [0, 0.1) is 23.7 Å². The lowest BCUT2D eigenvalue weighted by atomic mass is 10.3. The van der Waals surface area contributed by atoms with E-state index in [2.05, 4.69) is 23.7 Å². The van der Waals surface area contributed by atoms with Crippen LogP contribution in [0.15, 0.2) is 28.6 Å². The van der Waals surface area contributed by atoms with Gasteiger partial charge in [-0.2, -0.15) is 0 Å². The molecule has 1 rings (SSSR count). The van der Waals surface area contributed by atoms with Gasteiger partial charge in [-0.25, -0.2) is 0 Å². The highest BCUT2D eigenvalue weighted by atomic mass is 16.6. The van der Waals surface area contributed by atoms with Gasteiger partial charge in [0.1, 0.15) is 0 Å². The lowest BCUT2D eigenvalue weighted by Gasteiger charge is -2.07. The van der Waals surface area contributed by atoms with Gasteiger partial charge in [0.05, 0.1) is 6.26 Å². The van der Waals surface area contributed by atoms with Gasteiger partial charge in [-0.15, -0.1) is 0 Å². The molecule has 0 aliphatic rings. The summed E-state index contributed by atoms with van der Waals surface area (Å²) >= 11 is 0. The maximum Gasteiger partial charge on any atom is 0.308 e. The van der Waals surface area contributed by atoms with Gasteiger partial charge < -0.3 is 13.9 Å². The standard InChI is InChI=1S/C17H16O5/c1-4-5-6-7-8-10-16(21-13(2)18)17(22-14(3)19)15-11-9-12-20-15/h9,11-12H,4-5H2,1-3H3. The summed E-state index contributed by atoms with van der Waals surface area (Å²) in [6, 6.07) is 3.17. The fourth-order valence-electron chi connectivity index (χ4n) is 1.35. The van der Waals surface area contributed by atoms with Crippen molar-refractivity contribution in [2.24, 2.45) is 0 Å². The minimum Gasteiger partial charge on any atom is -0.461 e. The Morgan fingerprint density at radius 2 is 1.91 bits per heavy atom. The fourth-order valence-corrected chi connectivity index (χ4v) is 1.35. The number of rotatable bonds is 4. The zero-order valence-electron chi connectivity index (χ0n) is 12.7. The second-order valence-corrected chi connectivity index (χ2v) is 4.12. The van der Waals surface area contributed by atoms with E-state index in [0.29, 0.717) is 0 Å². The Kier molecular flexibility index (Phi) is 7.08. The Hall–Kier alpha value is -2.92. The maximum absolute atomic E-state index is 11.2. The van der Waals surface area contributed by atoms with Crippen LogP contribution in [-0.2, 0) is 19.1 Å². The number of hydrogen-bond donors (Lipinski definition) is 0. The Labute approximate surface area is 129 Å². The molecule has 0 atom stereocenters. The zero-order chi connectivity index (χ0) is 16.4. The molecule has 1 aromatic heterocycles. The average molecular weight is 300 g/mol. The Bertz CT molecular complexity index is 672. The summed E-state index contributed by atoms with van der Waals surface area (Å²) in [5, 5.41) is 0. The summed E-state index contributed by atoms with van der Waals surface area (Å²) in [6.45, 7) is 4.45. The van der Waals surface area contributed by atoms with Crippen molar-refractivity contribution in [1.29, 1.82) is 0 Å². The normalized spacial score (nSPS) is 10.3. The molecular weight excluding hydrogens is 284 g/mol. The molecule has 5 heteroatoms. The summed E-state index contributed by atoms with van der Waals surface area (Å²) in [4.78, 5) is 22.5. The molecule has 0 saturated carbocycles. The monoisotopic (exact) mass is 300 g/mol. The molecule has 114 valence electrons. The van der Waals surface area contributed by atoms with Crippen LogP contribution in [0.3, 0.4) is 0 Å². The fraction of sp³-hybridized carbons (Fsp3) is 0.294. The van der Waals surface area contributed by atoms with Crippen molar-refractivity contribution >= 4 is 17.7 Å². The molecule has 0 fully saturated rings. The van der Waals surface area contributed by atoms with E-state index in [-0.39, 0.29) is 17.3 Å². The smallest absolute Gasteiger partial charge is 0.308 e. The van der Waals surface area contributed by atoms with Crippen molar-refractivity contribution in [1.82, 2.24) is 0 Å². The molecule has 1 aromatic rings. The number of carbonyl (C=O) groups excluding carboxylic acids is 2. The van der Waals surface area contributed by atoms with Crippen LogP contribution in [0.1, 0.15) is 39.4 Å². The molecule has 1 heterocycles. The van der Waals surface area contributed by atoms with Crippen LogP contribution in [0.25, 0.3) is 5.76 Å². The van der Waals surface area contributed by atoms with E-state index in [4.69, 9.17) is 13.9 Å². The van der Waals surface area contributed by atoms with E-state index < -0.39 is 11.9 Å². The molecule has 0 aliphatic heterocycles. The van der Waals surface area contributed by atoms with Crippen LogP contribution >= 0.6 is 0 Å². The number of carbonyl (C=O) groups is 2. The van der Waals surface area contributed by atoms with Crippen molar-refractivity contribution in [3.63, 3.8) is 0 Å². The highest BCUT2D eigenvalue weighted by molar-refractivity contribution is 5.79. The van der Waals surface area contributed by atoms with Crippen LogP contribution in [0.2, 0.25) is 0 Å². The SMILES string of the molecule is CCCC#CC#CC(OC(C)=O)=C(OC(C)=O)c1ccco1. The van der Waals surface area contributed by atoms with E-state index in [1.165, 1.54) is 20.1 Å². The first-order chi connectivity index (χ1) is 10.5. The van der Waals surface area contributed by atoms with Crippen molar-refractivity contribution in [2.75, 3.05) is 0 Å². The quantitative estimate of drug-likeness (QED) is 0.486. The van der Waals surface area contributed by atoms with Gasteiger partial charge in [0, 0.05) is 20.3 Å². The summed E-state index contributed by atoms with van der Waals surface area (Å²) < 4.78 is 15.2. The molecule has 0 radical (unpaired) electrons. The van der Waals surface area contributed by atoms with Gasteiger partial charge in [0.2, 0.25) is 11.5 Å². The molecule has 0 bridgehead atoms. The van der Waals surface area contributed by atoms with E-state index in [1.807, 2.05) is 6.92 Å². The van der Waals surface area contributed by atoms with Crippen LogP contribution in [0.4, 0.5) is 0 Å². The highest BCUT2D eigenvalue weighted by Gasteiger charge is 2.18. The van der Waals surface area contributed by atoms with Crippen LogP contribution in [0.5, 0.6) is 0 Å². The summed E-state index contributed by atoms with van der Waals surface area (Å²) in [6.07, 6.45) is 3.04. The van der Waals surface area contributed by atoms with E-state index in [0.717, 1.165) is 12.8 Å².